The Hall–Kier alpha value is -1.35. The molecule has 158 valence electrons. The fraction of sp³-hybridized carbons (Fsp3) is 0.619. The summed E-state index contributed by atoms with van der Waals surface area (Å²) in [6.45, 7) is 8.64. The normalized spacial score (nSPS) is 21.0. The first kappa shape index (κ1) is 24.7. The van der Waals surface area contributed by atoms with Crippen molar-refractivity contribution in [3.8, 4) is 0 Å². The van der Waals surface area contributed by atoms with E-state index in [0.717, 1.165) is 31.9 Å². The summed E-state index contributed by atoms with van der Waals surface area (Å²) in [6, 6.07) is 11.7. The minimum atomic E-state index is 0. The van der Waals surface area contributed by atoms with Gasteiger partial charge in [0.15, 0.2) is 5.96 Å². The molecule has 1 fully saturated rings. The van der Waals surface area contributed by atoms with Crippen LogP contribution in [-0.4, -0.2) is 67.0 Å². The number of carbonyl (C=O) groups is 1. The molecule has 1 aromatic carbocycles. The zero-order valence-corrected chi connectivity index (χ0v) is 20.1. The summed E-state index contributed by atoms with van der Waals surface area (Å²) < 4.78 is 0. The van der Waals surface area contributed by atoms with E-state index in [1.54, 1.807) is 19.0 Å². The van der Waals surface area contributed by atoms with Crippen molar-refractivity contribution in [1.82, 2.24) is 20.4 Å². The number of amides is 1. The Bertz CT molecular complexity index is 622. The number of nitrogens with zero attached hydrogens (tertiary/aromatic N) is 3. The third-order valence-corrected chi connectivity index (χ3v) is 5.14. The number of benzene rings is 1. The molecule has 1 aliphatic heterocycles. The molecule has 0 spiro atoms. The molecule has 0 aromatic heterocycles. The molecule has 28 heavy (non-hydrogen) atoms. The number of likely N-dealkylation sites (tertiary alicyclic amines) is 1. The van der Waals surface area contributed by atoms with Crippen LogP contribution in [0.25, 0.3) is 0 Å². The summed E-state index contributed by atoms with van der Waals surface area (Å²) in [5, 5.41) is 6.96. The van der Waals surface area contributed by atoms with Gasteiger partial charge in [-0.25, -0.2) is 4.99 Å². The van der Waals surface area contributed by atoms with Gasteiger partial charge in [0.2, 0.25) is 5.91 Å². The van der Waals surface area contributed by atoms with Gasteiger partial charge in [0, 0.05) is 45.3 Å². The molecular weight excluding hydrogens is 465 g/mol. The molecule has 0 saturated carbocycles. The van der Waals surface area contributed by atoms with Gasteiger partial charge in [-0.15, -0.1) is 24.0 Å². The van der Waals surface area contributed by atoms with Gasteiger partial charge < -0.3 is 15.5 Å². The van der Waals surface area contributed by atoms with Gasteiger partial charge in [-0.1, -0.05) is 37.3 Å². The lowest BCUT2D eigenvalue weighted by Gasteiger charge is -2.22. The van der Waals surface area contributed by atoms with Gasteiger partial charge in [0.05, 0.1) is 0 Å². The molecule has 2 N–H and O–H groups in total. The van der Waals surface area contributed by atoms with E-state index in [-0.39, 0.29) is 36.4 Å². The van der Waals surface area contributed by atoms with Crippen molar-refractivity contribution < 1.29 is 4.79 Å². The maximum atomic E-state index is 11.9. The molecule has 1 aliphatic rings. The minimum absolute atomic E-state index is 0. The highest BCUT2D eigenvalue weighted by Gasteiger charge is 2.29. The van der Waals surface area contributed by atoms with Crippen LogP contribution in [0.5, 0.6) is 0 Å². The number of hydrogen-bond donors (Lipinski definition) is 2. The van der Waals surface area contributed by atoms with Gasteiger partial charge in [-0.2, -0.15) is 0 Å². The summed E-state index contributed by atoms with van der Waals surface area (Å²) in [5.74, 6) is 0.740. The number of guanidine groups is 1. The van der Waals surface area contributed by atoms with E-state index in [1.165, 1.54) is 5.56 Å². The SMILES string of the molecule is CCC(C)NC(=NCC(=O)N(C)C)NC1CC(C)N(Cc2ccccc2)C1.I. The topological polar surface area (TPSA) is 60.0 Å². The van der Waals surface area contributed by atoms with Gasteiger partial charge >= 0.3 is 0 Å². The van der Waals surface area contributed by atoms with Gasteiger partial charge in [-0.3, -0.25) is 9.69 Å². The van der Waals surface area contributed by atoms with E-state index >= 15 is 0 Å². The highest BCUT2D eigenvalue weighted by Crippen LogP contribution is 2.20. The van der Waals surface area contributed by atoms with Crippen LogP contribution in [0.2, 0.25) is 0 Å². The number of halogens is 1. The van der Waals surface area contributed by atoms with E-state index in [4.69, 9.17) is 0 Å². The first-order valence-corrected chi connectivity index (χ1v) is 9.94. The first-order valence-electron chi connectivity index (χ1n) is 9.94. The Morgan fingerprint density at radius 1 is 1.32 bits per heavy atom. The molecule has 3 unspecified atom stereocenters. The average molecular weight is 501 g/mol. The lowest BCUT2D eigenvalue weighted by Crippen LogP contribution is -2.47. The molecule has 2 rings (SSSR count). The zero-order chi connectivity index (χ0) is 19.8. The third-order valence-electron chi connectivity index (χ3n) is 5.14. The van der Waals surface area contributed by atoms with Crippen molar-refractivity contribution >= 4 is 35.8 Å². The second-order valence-corrected chi connectivity index (χ2v) is 7.75. The largest absolute Gasteiger partial charge is 0.354 e. The fourth-order valence-corrected chi connectivity index (χ4v) is 3.19. The lowest BCUT2D eigenvalue weighted by molar-refractivity contribution is -0.127. The number of nitrogens with one attached hydrogen (secondary N) is 2. The smallest absolute Gasteiger partial charge is 0.243 e. The van der Waals surface area contributed by atoms with Crippen LogP contribution in [0.15, 0.2) is 35.3 Å². The maximum Gasteiger partial charge on any atom is 0.243 e. The second kappa shape index (κ2) is 12.3. The van der Waals surface area contributed by atoms with Crippen LogP contribution in [-0.2, 0) is 11.3 Å². The molecular formula is C21H36IN5O. The van der Waals surface area contributed by atoms with Gasteiger partial charge in [-0.05, 0) is 32.3 Å². The van der Waals surface area contributed by atoms with Crippen molar-refractivity contribution in [3.05, 3.63) is 35.9 Å². The quantitative estimate of drug-likeness (QED) is 0.343. The van der Waals surface area contributed by atoms with E-state index in [1.807, 2.05) is 0 Å². The number of hydrogen-bond acceptors (Lipinski definition) is 3. The standard InChI is InChI=1S/C21H35N5O.HI/c1-6-16(2)23-21(22-13-20(27)25(4)5)24-19-12-17(3)26(15-19)14-18-10-8-7-9-11-18;/h7-11,16-17,19H,6,12-15H2,1-5H3,(H2,22,23,24);1H. The van der Waals surface area contributed by atoms with E-state index < -0.39 is 0 Å². The molecule has 1 amide bonds. The summed E-state index contributed by atoms with van der Waals surface area (Å²) in [6.07, 6.45) is 2.07. The molecule has 3 atom stereocenters. The van der Waals surface area contributed by atoms with E-state index in [2.05, 4.69) is 71.6 Å². The number of rotatable bonds is 7. The Morgan fingerprint density at radius 2 is 2.00 bits per heavy atom. The molecule has 1 saturated heterocycles. The predicted octanol–water partition coefficient (Wildman–Crippen LogP) is 2.69. The maximum absolute atomic E-state index is 11.9. The average Bonchev–Trinajstić information content (AvgIpc) is 2.98. The summed E-state index contributed by atoms with van der Waals surface area (Å²) in [7, 11) is 3.51. The van der Waals surface area contributed by atoms with Crippen LogP contribution < -0.4 is 10.6 Å². The lowest BCUT2D eigenvalue weighted by atomic mass is 10.2. The predicted molar refractivity (Wildman–Crippen MR) is 127 cm³/mol. The highest BCUT2D eigenvalue weighted by atomic mass is 127. The summed E-state index contributed by atoms with van der Waals surface area (Å²) in [5.41, 5.74) is 1.34. The van der Waals surface area contributed by atoms with Crippen LogP contribution in [0, 0.1) is 0 Å². The van der Waals surface area contributed by atoms with Crippen LogP contribution >= 0.6 is 24.0 Å². The fourth-order valence-electron chi connectivity index (χ4n) is 3.19. The van der Waals surface area contributed by atoms with Crippen LogP contribution in [0.4, 0.5) is 0 Å². The molecule has 7 heteroatoms. The molecule has 1 aromatic rings. The van der Waals surface area contributed by atoms with Crippen molar-refractivity contribution in [2.45, 2.75) is 58.3 Å². The molecule has 1 heterocycles. The Kier molecular flexibility index (Phi) is 10.8. The Morgan fingerprint density at radius 3 is 2.61 bits per heavy atom. The number of aliphatic imine (C=N–C) groups is 1. The number of carbonyl (C=O) groups excluding carboxylic acids is 1. The Labute approximate surface area is 187 Å². The van der Waals surface area contributed by atoms with Crippen molar-refractivity contribution in [2.24, 2.45) is 4.99 Å². The molecule has 0 aliphatic carbocycles. The van der Waals surface area contributed by atoms with E-state index in [0.29, 0.717) is 18.1 Å². The van der Waals surface area contributed by atoms with Crippen molar-refractivity contribution in [3.63, 3.8) is 0 Å². The molecule has 0 radical (unpaired) electrons. The monoisotopic (exact) mass is 501 g/mol. The van der Waals surface area contributed by atoms with Crippen LogP contribution in [0.3, 0.4) is 0 Å². The minimum Gasteiger partial charge on any atom is -0.354 e. The van der Waals surface area contributed by atoms with Gasteiger partial charge in [0.25, 0.3) is 0 Å². The number of likely N-dealkylation sites (N-methyl/N-ethyl adjacent to an activating group) is 1. The molecule has 6 nitrogen and oxygen atoms in total. The third kappa shape index (κ3) is 7.95. The van der Waals surface area contributed by atoms with E-state index in [9.17, 15) is 4.79 Å². The van der Waals surface area contributed by atoms with Crippen LogP contribution in [0.1, 0.15) is 39.2 Å². The zero-order valence-electron chi connectivity index (χ0n) is 17.8. The van der Waals surface area contributed by atoms with Gasteiger partial charge in [0.1, 0.15) is 6.54 Å². The Balaban J connectivity index is 0.00000392. The molecule has 0 bridgehead atoms. The summed E-state index contributed by atoms with van der Waals surface area (Å²) in [4.78, 5) is 20.5. The second-order valence-electron chi connectivity index (χ2n) is 7.75. The first-order chi connectivity index (χ1) is 12.9. The highest BCUT2D eigenvalue weighted by molar-refractivity contribution is 14.0. The van der Waals surface area contributed by atoms with Crippen molar-refractivity contribution in [2.75, 3.05) is 27.2 Å². The van der Waals surface area contributed by atoms with Crippen molar-refractivity contribution in [1.29, 1.82) is 0 Å². The summed E-state index contributed by atoms with van der Waals surface area (Å²) >= 11 is 0.